The molecule has 1 aliphatic rings. The first-order chi connectivity index (χ1) is 24.8. The van der Waals surface area contributed by atoms with Gasteiger partial charge in [0.25, 0.3) is 0 Å². The van der Waals surface area contributed by atoms with Gasteiger partial charge in [-0.2, -0.15) is 0 Å². The highest BCUT2D eigenvalue weighted by Gasteiger charge is 2.44. The number of aliphatic hydroxyl groups excluding tert-OH is 4. The van der Waals surface area contributed by atoms with Gasteiger partial charge in [-0.3, -0.25) is 9.59 Å². The van der Waals surface area contributed by atoms with E-state index in [1.807, 2.05) is 0 Å². The highest BCUT2D eigenvalue weighted by molar-refractivity contribution is 5.70. The lowest BCUT2D eigenvalue weighted by Gasteiger charge is -2.39. The molecular weight excluding hydrogens is 652 g/mol. The van der Waals surface area contributed by atoms with Gasteiger partial charge in [0, 0.05) is 12.8 Å². The highest BCUT2D eigenvalue weighted by Crippen LogP contribution is 2.22. The third-order valence-electron chi connectivity index (χ3n) is 9.04. The van der Waals surface area contributed by atoms with Gasteiger partial charge in [-0.05, 0) is 44.9 Å². The molecule has 0 amide bonds. The Balaban J connectivity index is 2.40. The van der Waals surface area contributed by atoms with Crippen LogP contribution in [-0.4, -0.2) is 89.0 Å². The molecule has 1 rings (SSSR count). The first kappa shape index (κ1) is 46.9. The summed E-state index contributed by atoms with van der Waals surface area (Å²) in [5.41, 5.74) is 0. The van der Waals surface area contributed by atoms with Gasteiger partial charge < -0.3 is 39.4 Å². The summed E-state index contributed by atoms with van der Waals surface area (Å²) in [6.45, 7) is 3.27. The number of carbonyl (C=O) groups is 2. The lowest BCUT2D eigenvalue weighted by Crippen LogP contribution is -2.59. The number of rotatable bonds is 32. The van der Waals surface area contributed by atoms with Gasteiger partial charge in [-0.15, -0.1) is 0 Å². The predicted octanol–water partition coefficient (Wildman–Crippen LogP) is 7.55. The van der Waals surface area contributed by atoms with Crippen LogP contribution in [0.25, 0.3) is 0 Å². The summed E-state index contributed by atoms with van der Waals surface area (Å²) >= 11 is 0. The maximum absolute atomic E-state index is 12.7. The number of esters is 2. The predicted molar refractivity (Wildman–Crippen MR) is 201 cm³/mol. The molecule has 0 aromatic carbocycles. The standard InChI is InChI=1S/C41H72O10/c1-3-5-7-9-11-13-15-16-17-18-20-22-24-26-28-30-37(44)50-34(33-49-41-40(47)39(46)38(45)35(31-42)51-41)32-48-36(43)29-27-25-23-21-19-14-12-10-8-6-4-2/h5,7,11,13,16-17,34-35,38-42,45-47H,3-4,6,8-10,12,14-15,18-33H2,1-2H3/b7-5-,13-11-,17-16-/t34?,35?,38-,39+,40?,41+/m0/s1. The van der Waals surface area contributed by atoms with E-state index in [0.29, 0.717) is 6.42 Å². The Bertz CT molecular complexity index is 933. The molecule has 0 spiro atoms. The van der Waals surface area contributed by atoms with Gasteiger partial charge >= 0.3 is 11.9 Å². The number of hydrogen-bond donors (Lipinski definition) is 4. The van der Waals surface area contributed by atoms with Gasteiger partial charge in [0.05, 0.1) is 13.2 Å². The number of unbranched alkanes of at least 4 members (excludes halogenated alkanes) is 15. The third kappa shape index (κ3) is 24.7. The zero-order chi connectivity index (χ0) is 37.4. The molecule has 0 radical (unpaired) electrons. The fourth-order valence-corrected chi connectivity index (χ4v) is 5.85. The van der Waals surface area contributed by atoms with E-state index in [4.69, 9.17) is 18.9 Å². The summed E-state index contributed by atoms with van der Waals surface area (Å²) in [4.78, 5) is 25.2. The zero-order valence-electron chi connectivity index (χ0n) is 31.8. The fourth-order valence-electron chi connectivity index (χ4n) is 5.85. The first-order valence-corrected chi connectivity index (χ1v) is 20.1. The largest absolute Gasteiger partial charge is 0.462 e. The molecule has 6 atom stereocenters. The number of hydrogen-bond acceptors (Lipinski definition) is 10. The van der Waals surface area contributed by atoms with Crippen LogP contribution in [0.3, 0.4) is 0 Å². The Kier molecular flexibility index (Phi) is 30.0. The summed E-state index contributed by atoms with van der Waals surface area (Å²) in [6.07, 6.45) is 27.2. The zero-order valence-corrected chi connectivity index (χ0v) is 31.8. The van der Waals surface area contributed by atoms with Gasteiger partial charge in [-0.25, -0.2) is 0 Å². The second-order valence-electron chi connectivity index (χ2n) is 13.7. The molecule has 51 heavy (non-hydrogen) atoms. The van der Waals surface area contributed by atoms with Crippen LogP contribution in [0.2, 0.25) is 0 Å². The molecule has 1 fully saturated rings. The van der Waals surface area contributed by atoms with E-state index in [0.717, 1.165) is 70.6 Å². The lowest BCUT2D eigenvalue weighted by molar-refractivity contribution is -0.305. The van der Waals surface area contributed by atoms with Gasteiger partial charge in [-0.1, -0.05) is 134 Å². The topological polar surface area (TPSA) is 152 Å². The number of ether oxygens (including phenoxy) is 4. The second-order valence-corrected chi connectivity index (χ2v) is 13.7. The van der Waals surface area contributed by atoms with Gasteiger partial charge in [0.2, 0.25) is 0 Å². The van der Waals surface area contributed by atoms with E-state index in [-0.39, 0.29) is 32.0 Å². The molecule has 3 unspecified atom stereocenters. The minimum atomic E-state index is -1.60. The monoisotopic (exact) mass is 725 g/mol. The van der Waals surface area contributed by atoms with Crippen molar-refractivity contribution >= 4 is 11.9 Å². The molecular formula is C41H72O10. The number of aliphatic hydroxyl groups is 4. The lowest BCUT2D eigenvalue weighted by atomic mass is 9.99. The molecule has 4 N–H and O–H groups in total. The molecule has 1 aliphatic heterocycles. The normalized spacial score (nSPS) is 21.6. The van der Waals surface area contributed by atoms with Crippen LogP contribution >= 0.6 is 0 Å². The summed E-state index contributed by atoms with van der Waals surface area (Å²) < 4.78 is 22.1. The Hall–Kier alpha value is -2.08. The van der Waals surface area contributed by atoms with Crippen LogP contribution in [0.15, 0.2) is 36.5 Å². The highest BCUT2D eigenvalue weighted by atomic mass is 16.7. The van der Waals surface area contributed by atoms with Crippen LogP contribution in [-0.2, 0) is 28.5 Å². The van der Waals surface area contributed by atoms with Crippen LogP contribution < -0.4 is 0 Å². The molecule has 0 bridgehead atoms. The van der Waals surface area contributed by atoms with Crippen molar-refractivity contribution < 1.29 is 49.0 Å². The van der Waals surface area contributed by atoms with Crippen molar-refractivity contribution in [3.63, 3.8) is 0 Å². The fraction of sp³-hybridized carbons (Fsp3) is 0.805. The molecule has 0 aromatic heterocycles. The average Bonchev–Trinajstić information content (AvgIpc) is 3.13. The first-order valence-electron chi connectivity index (χ1n) is 20.1. The smallest absolute Gasteiger partial charge is 0.306 e. The van der Waals surface area contributed by atoms with E-state index >= 15 is 0 Å². The minimum absolute atomic E-state index is 0.211. The molecule has 0 aliphatic carbocycles. The summed E-state index contributed by atoms with van der Waals surface area (Å²) in [5.74, 6) is -0.828. The number of carbonyl (C=O) groups excluding carboxylic acids is 2. The molecule has 1 saturated heterocycles. The minimum Gasteiger partial charge on any atom is -0.462 e. The van der Waals surface area contributed by atoms with Gasteiger partial charge in [0.1, 0.15) is 31.0 Å². The molecule has 0 saturated carbocycles. The summed E-state index contributed by atoms with van der Waals surface area (Å²) in [7, 11) is 0. The molecule has 10 nitrogen and oxygen atoms in total. The second kappa shape index (κ2) is 32.6. The van der Waals surface area contributed by atoms with Crippen molar-refractivity contribution in [3.8, 4) is 0 Å². The van der Waals surface area contributed by atoms with E-state index in [1.54, 1.807) is 0 Å². The SMILES string of the molecule is CC/C=C\C/C=C\C/C=C\CCCCCCCC(=O)OC(COC(=O)CCCCCCCCCCCCC)CO[C@@H]1OC(CO)[C@H](O)[C@@H](O)C1O. The van der Waals surface area contributed by atoms with E-state index in [1.165, 1.54) is 51.4 Å². The van der Waals surface area contributed by atoms with Crippen molar-refractivity contribution in [2.45, 2.75) is 192 Å². The summed E-state index contributed by atoms with van der Waals surface area (Å²) in [5, 5.41) is 39.9. The average molecular weight is 725 g/mol. The number of allylic oxidation sites excluding steroid dienone is 6. The Morgan fingerprint density at radius 1 is 0.627 bits per heavy atom. The Morgan fingerprint density at radius 2 is 1.16 bits per heavy atom. The molecule has 296 valence electrons. The quantitative estimate of drug-likeness (QED) is 0.0311. The Labute approximate surface area is 308 Å². The molecule has 1 heterocycles. The van der Waals surface area contributed by atoms with Crippen LogP contribution in [0, 0.1) is 0 Å². The van der Waals surface area contributed by atoms with Crippen molar-refractivity contribution in [3.05, 3.63) is 36.5 Å². The maximum atomic E-state index is 12.7. The van der Waals surface area contributed by atoms with Crippen molar-refractivity contribution in [1.82, 2.24) is 0 Å². The van der Waals surface area contributed by atoms with Crippen molar-refractivity contribution in [1.29, 1.82) is 0 Å². The third-order valence-corrected chi connectivity index (χ3v) is 9.04. The van der Waals surface area contributed by atoms with E-state index < -0.39 is 49.4 Å². The van der Waals surface area contributed by atoms with Crippen molar-refractivity contribution in [2.75, 3.05) is 19.8 Å². The molecule has 0 aromatic rings. The Morgan fingerprint density at radius 3 is 1.75 bits per heavy atom. The van der Waals surface area contributed by atoms with Crippen LogP contribution in [0.5, 0.6) is 0 Å². The summed E-state index contributed by atoms with van der Waals surface area (Å²) in [6, 6.07) is 0. The van der Waals surface area contributed by atoms with Crippen LogP contribution in [0.4, 0.5) is 0 Å². The molecule has 10 heteroatoms. The van der Waals surface area contributed by atoms with Gasteiger partial charge in [0.15, 0.2) is 12.4 Å². The van der Waals surface area contributed by atoms with E-state index in [2.05, 4.69) is 50.3 Å². The van der Waals surface area contributed by atoms with Crippen molar-refractivity contribution in [2.24, 2.45) is 0 Å². The van der Waals surface area contributed by atoms with Crippen LogP contribution in [0.1, 0.15) is 155 Å². The maximum Gasteiger partial charge on any atom is 0.306 e. The van der Waals surface area contributed by atoms with E-state index in [9.17, 15) is 30.0 Å².